The normalized spacial score (nSPS) is 19.9. The monoisotopic (exact) mass is 195 g/mol. The minimum absolute atomic E-state index is 0.581. The summed E-state index contributed by atoms with van der Waals surface area (Å²) in [5, 5.41) is 2.91. The average molecular weight is 195 g/mol. The number of hydrogen-bond acceptors (Lipinski definition) is 4. The van der Waals surface area contributed by atoms with E-state index >= 15 is 0 Å². The molecule has 2 rings (SSSR count). The third kappa shape index (κ3) is 1.90. The fourth-order valence-corrected chi connectivity index (χ4v) is 1.89. The van der Waals surface area contributed by atoms with Gasteiger partial charge in [0, 0.05) is 13.0 Å². The molecule has 4 heteroatoms. The van der Waals surface area contributed by atoms with E-state index in [0.717, 1.165) is 18.8 Å². The summed E-state index contributed by atoms with van der Waals surface area (Å²) in [7, 11) is 3.99. The van der Waals surface area contributed by atoms with E-state index in [0.29, 0.717) is 11.9 Å². The number of nitrogens with one attached hydrogen (secondary N) is 1. The molecule has 1 aliphatic heterocycles. The Hall–Kier alpha value is -1.03. The number of aromatic nitrogens is 1. The van der Waals surface area contributed by atoms with Crippen molar-refractivity contribution in [3.8, 4) is 0 Å². The molecule has 1 aromatic heterocycles. The number of nitrogens with zero attached hydrogens (tertiary/aromatic N) is 2. The van der Waals surface area contributed by atoms with Crippen molar-refractivity contribution in [2.24, 2.45) is 0 Å². The number of oxazole rings is 1. The lowest BCUT2D eigenvalue weighted by molar-refractivity contribution is 0.253. The van der Waals surface area contributed by atoms with Gasteiger partial charge in [-0.1, -0.05) is 0 Å². The Kier molecular flexibility index (Phi) is 2.72. The van der Waals surface area contributed by atoms with E-state index in [-0.39, 0.29) is 0 Å². The molecular weight excluding hydrogens is 178 g/mol. The number of anilines is 1. The van der Waals surface area contributed by atoms with Gasteiger partial charge in [0.15, 0.2) is 0 Å². The van der Waals surface area contributed by atoms with Crippen LogP contribution in [0.25, 0.3) is 0 Å². The van der Waals surface area contributed by atoms with Crippen LogP contribution in [0, 0.1) is 0 Å². The van der Waals surface area contributed by atoms with Crippen molar-refractivity contribution in [3.05, 3.63) is 12.0 Å². The summed E-state index contributed by atoms with van der Waals surface area (Å²) in [6.45, 7) is 2.32. The molecule has 0 aromatic carbocycles. The zero-order valence-electron chi connectivity index (χ0n) is 8.79. The predicted molar refractivity (Wildman–Crippen MR) is 55.5 cm³/mol. The number of rotatable bonds is 2. The molecule has 1 aromatic rings. The fourth-order valence-electron chi connectivity index (χ4n) is 1.89. The van der Waals surface area contributed by atoms with E-state index in [1.807, 2.05) is 7.05 Å². The molecule has 1 N–H and O–H groups in total. The van der Waals surface area contributed by atoms with Gasteiger partial charge in [0.25, 0.3) is 6.01 Å². The Morgan fingerprint density at radius 2 is 2.21 bits per heavy atom. The summed E-state index contributed by atoms with van der Waals surface area (Å²) in [6.07, 6.45) is 4.15. The highest BCUT2D eigenvalue weighted by Crippen LogP contribution is 2.27. The summed E-state index contributed by atoms with van der Waals surface area (Å²) < 4.78 is 5.26. The van der Waals surface area contributed by atoms with Crippen LogP contribution in [-0.4, -0.2) is 37.1 Å². The minimum Gasteiger partial charge on any atom is -0.432 e. The number of hydrogen-bond donors (Lipinski definition) is 1. The van der Waals surface area contributed by atoms with E-state index in [1.54, 1.807) is 6.26 Å². The SMILES string of the molecule is CNc1nc(C2CCN(C)CC2)co1. The predicted octanol–water partition coefficient (Wildman–Crippen LogP) is 1.53. The van der Waals surface area contributed by atoms with Crippen LogP contribution in [-0.2, 0) is 0 Å². The van der Waals surface area contributed by atoms with Gasteiger partial charge in [-0.2, -0.15) is 4.98 Å². The number of likely N-dealkylation sites (tertiary alicyclic amines) is 1. The van der Waals surface area contributed by atoms with Crippen molar-refractivity contribution >= 4 is 6.01 Å². The van der Waals surface area contributed by atoms with Crippen molar-refractivity contribution in [3.63, 3.8) is 0 Å². The van der Waals surface area contributed by atoms with Crippen molar-refractivity contribution < 1.29 is 4.42 Å². The minimum atomic E-state index is 0.581. The third-order valence-corrected chi connectivity index (χ3v) is 2.87. The van der Waals surface area contributed by atoms with E-state index in [2.05, 4.69) is 22.2 Å². The maximum absolute atomic E-state index is 5.26. The molecule has 1 aliphatic rings. The molecule has 2 heterocycles. The van der Waals surface area contributed by atoms with Crippen molar-refractivity contribution in [2.45, 2.75) is 18.8 Å². The van der Waals surface area contributed by atoms with Gasteiger partial charge in [0.1, 0.15) is 6.26 Å². The highest BCUT2D eigenvalue weighted by atomic mass is 16.4. The molecule has 0 amide bonds. The van der Waals surface area contributed by atoms with Gasteiger partial charge in [-0.05, 0) is 33.0 Å². The Balaban J connectivity index is 2.01. The lowest BCUT2D eigenvalue weighted by Crippen LogP contribution is -2.29. The van der Waals surface area contributed by atoms with Gasteiger partial charge in [-0.15, -0.1) is 0 Å². The fraction of sp³-hybridized carbons (Fsp3) is 0.700. The summed E-state index contributed by atoms with van der Waals surface area (Å²) in [5.74, 6) is 0.581. The van der Waals surface area contributed by atoms with Crippen molar-refractivity contribution in [2.75, 3.05) is 32.5 Å². The summed E-state index contributed by atoms with van der Waals surface area (Å²) in [5.41, 5.74) is 1.10. The van der Waals surface area contributed by atoms with Gasteiger partial charge >= 0.3 is 0 Å². The molecule has 4 nitrogen and oxygen atoms in total. The van der Waals surface area contributed by atoms with Crippen LogP contribution in [0.3, 0.4) is 0 Å². The Labute approximate surface area is 84.3 Å². The van der Waals surface area contributed by atoms with Crippen LogP contribution in [0.1, 0.15) is 24.5 Å². The second-order valence-electron chi connectivity index (χ2n) is 3.91. The Morgan fingerprint density at radius 3 is 2.79 bits per heavy atom. The topological polar surface area (TPSA) is 41.3 Å². The molecule has 0 atom stereocenters. The lowest BCUT2D eigenvalue weighted by atomic mass is 9.94. The van der Waals surface area contributed by atoms with Crippen molar-refractivity contribution in [1.82, 2.24) is 9.88 Å². The van der Waals surface area contributed by atoms with Crippen LogP contribution >= 0.6 is 0 Å². The van der Waals surface area contributed by atoms with E-state index in [9.17, 15) is 0 Å². The van der Waals surface area contributed by atoms with Gasteiger partial charge in [-0.25, -0.2) is 0 Å². The molecular formula is C10H17N3O. The summed E-state index contributed by atoms with van der Waals surface area (Å²) >= 11 is 0. The summed E-state index contributed by atoms with van der Waals surface area (Å²) in [6, 6.07) is 0.624. The molecule has 1 saturated heterocycles. The van der Waals surface area contributed by atoms with Crippen molar-refractivity contribution in [1.29, 1.82) is 0 Å². The van der Waals surface area contributed by atoms with Crippen LogP contribution in [0.15, 0.2) is 10.7 Å². The first-order chi connectivity index (χ1) is 6.79. The maximum Gasteiger partial charge on any atom is 0.294 e. The Bertz CT molecular complexity index is 289. The Morgan fingerprint density at radius 1 is 1.50 bits per heavy atom. The molecule has 0 spiro atoms. The van der Waals surface area contributed by atoms with Gasteiger partial charge in [0.05, 0.1) is 5.69 Å². The molecule has 0 unspecified atom stereocenters. The molecule has 1 fully saturated rings. The summed E-state index contributed by atoms with van der Waals surface area (Å²) in [4.78, 5) is 6.74. The molecule has 0 aliphatic carbocycles. The standard InChI is InChI=1S/C10H17N3O/c1-11-10-12-9(7-14-10)8-3-5-13(2)6-4-8/h7-8H,3-6H2,1-2H3,(H,11,12). The van der Waals surface area contributed by atoms with Gasteiger partial charge in [0.2, 0.25) is 0 Å². The van der Waals surface area contributed by atoms with Crippen LogP contribution < -0.4 is 5.32 Å². The van der Waals surface area contributed by atoms with E-state index in [1.165, 1.54) is 12.8 Å². The zero-order valence-corrected chi connectivity index (χ0v) is 8.79. The average Bonchev–Trinajstić information content (AvgIpc) is 2.67. The molecule has 14 heavy (non-hydrogen) atoms. The lowest BCUT2D eigenvalue weighted by Gasteiger charge is -2.27. The second kappa shape index (κ2) is 4.00. The maximum atomic E-state index is 5.26. The van der Waals surface area contributed by atoms with E-state index in [4.69, 9.17) is 4.42 Å². The first-order valence-corrected chi connectivity index (χ1v) is 5.11. The smallest absolute Gasteiger partial charge is 0.294 e. The molecule has 78 valence electrons. The van der Waals surface area contributed by atoms with Gasteiger partial charge < -0.3 is 14.6 Å². The highest BCUT2D eigenvalue weighted by Gasteiger charge is 2.21. The quantitative estimate of drug-likeness (QED) is 0.777. The third-order valence-electron chi connectivity index (χ3n) is 2.87. The van der Waals surface area contributed by atoms with Crippen LogP contribution in [0.4, 0.5) is 6.01 Å². The first-order valence-electron chi connectivity index (χ1n) is 5.11. The molecule has 0 radical (unpaired) electrons. The van der Waals surface area contributed by atoms with Crippen LogP contribution in [0.5, 0.6) is 0 Å². The highest BCUT2D eigenvalue weighted by molar-refractivity contribution is 5.21. The first kappa shape index (κ1) is 9.52. The van der Waals surface area contributed by atoms with E-state index < -0.39 is 0 Å². The second-order valence-corrected chi connectivity index (χ2v) is 3.91. The zero-order chi connectivity index (χ0) is 9.97. The van der Waals surface area contributed by atoms with Crippen LogP contribution in [0.2, 0.25) is 0 Å². The molecule has 0 saturated carbocycles. The largest absolute Gasteiger partial charge is 0.432 e. The van der Waals surface area contributed by atoms with Gasteiger partial charge in [-0.3, -0.25) is 0 Å². The molecule has 0 bridgehead atoms. The number of piperidine rings is 1.